The van der Waals surface area contributed by atoms with Crippen LogP contribution in [0.3, 0.4) is 0 Å². The average Bonchev–Trinajstić information content (AvgIpc) is 3.28. The molecule has 0 atom stereocenters. The number of amides is 1. The number of rotatable bonds is 6. The highest BCUT2D eigenvalue weighted by Gasteiger charge is 2.24. The molecule has 0 N–H and O–H groups in total. The molecule has 4 rings (SSSR count). The summed E-state index contributed by atoms with van der Waals surface area (Å²) in [6, 6.07) is 13.5. The molecule has 0 aliphatic carbocycles. The first-order chi connectivity index (χ1) is 14.3. The molecule has 1 aromatic carbocycles. The van der Waals surface area contributed by atoms with Gasteiger partial charge in [-0.3, -0.25) is 4.98 Å². The van der Waals surface area contributed by atoms with E-state index in [-0.39, 0.29) is 6.09 Å². The van der Waals surface area contributed by atoms with Crippen LogP contribution in [-0.2, 0) is 6.42 Å². The second kappa shape index (κ2) is 9.23. The molecular weight excluding hydrogens is 368 g/mol. The molecule has 2 aromatic heterocycles. The topological polar surface area (TPSA) is 69.5 Å². The highest BCUT2D eigenvalue weighted by molar-refractivity contribution is 5.70. The summed E-state index contributed by atoms with van der Waals surface area (Å²) in [4.78, 5) is 28.1. The lowest BCUT2D eigenvalue weighted by Gasteiger charge is -2.30. The zero-order valence-electron chi connectivity index (χ0n) is 16.2. The Balaban J connectivity index is 1.22. The molecule has 7 heteroatoms. The van der Waals surface area contributed by atoms with Crippen LogP contribution in [0.5, 0.6) is 5.75 Å². The number of nitrogens with zero attached hydrogens (tertiary/aromatic N) is 4. The molecule has 150 valence electrons. The smallest absolute Gasteiger partial charge is 0.413 e. The summed E-state index contributed by atoms with van der Waals surface area (Å²) in [5, 5.41) is 0. The minimum absolute atomic E-state index is 0.295. The fourth-order valence-electron chi connectivity index (χ4n) is 3.35. The highest BCUT2D eigenvalue weighted by atomic mass is 16.7. The van der Waals surface area contributed by atoms with Gasteiger partial charge in [0.25, 0.3) is 0 Å². The van der Waals surface area contributed by atoms with Gasteiger partial charge in [0.1, 0.15) is 18.7 Å². The molecule has 0 bridgehead atoms. The van der Waals surface area contributed by atoms with Gasteiger partial charge in [0.2, 0.25) is 0 Å². The van der Waals surface area contributed by atoms with Crippen molar-refractivity contribution in [1.29, 1.82) is 0 Å². The molecule has 3 aromatic rings. The number of imidazole rings is 1. The number of hydrogen-bond acceptors (Lipinski definition) is 5. The zero-order chi connectivity index (χ0) is 19.9. The van der Waals surface area contributed by atoms with Gasteiger partial charge in [0.05, 0.1) is 6.20 Å². The molecule has 0 spiro atoms. The lowest BCUT2D eigenvalue weighted by atomic mass is 9.98. The molecule has 3 heterocycles. The van der Waals surface area contributed by atoms with Gasteiger partial charge in [0, 0.05) is 37.6 Å². The van der Waals surface area contributed by atoms with Crippen LogP contribution in [0.15, 0.2) is 67.4 Å². The molecule has 1 aliphatic rings. The first-order valence-corrected chi connectivity index (χ1v) is 9.83. The van der Waals surface area contributed by atoms with Crippen LogP contribution in [0.4, 0.5) is 4.79 Å². The monoisotopic (exact) mass is 392 g/mol. The Bertz CT molecular complexity index is 890. The summed E-state index contributed by atoms with van der Waals surface area (Å²) in [7, 11) is 0. The van der Waals surface area contributed by atoms with E-state index >= 15 is 0 Å². The number of carbonyl (C=O) groups is 1. The number of carbonyl (C=O) groups excluding carboxylic acids is 1. The van der Waals surface area contributed by atoms with Crippen molar-refractivity contribution in [2.24, 2.45) is 5.92 Å². The largest absolute Gasteiger partial charge is 0.415 e. The van der Waals surface area contributed by atoms with Crippen LogP contribution < -0.4 is 9.57 Å². The number of benzene rings is 1. The van der Waals surface area contributed by atoms with Gasteiger partial charge in [-0.15, -0.1) is 0 Å². The molecule has 1 saturated heterocycles. The van der Waals surface area contributed by atoms with E-state index in [0.29, 0.717) is 31.4 Å². The number of ether oxygens (including phenoxy) is 1. The van der Waals surface area contributed by atoms with E-state index in [9.17, 15) is 4.79 Å². The van der Waals surface area contributed by atoms with E-state index in [2.05, 4.69) is 9.97 Å². The third kappa shape index (κ3) is 5.34. The van der Waals surface area contributed by atoms with Gasteiger partial charge >= 0.3 is 6.09 Å². The van der Waals surface area contributed by atoms with Crippen molar-refractivity contribution in [1.82, 2.24) is 19.6 Å². The number of hydrogen-bond donors (Lipinski definition) is 0. The molecule has 0 saturated carbocycles. The Morgan fingerprint density at radius 1 is 1.07 bits per heavy atom. The van der Waals surface area contributed by atoms with Crippen LogP contribution in [0.1, 0.15) is 24.1 Å². The van der Waals surface area contributed by atoms with Gasteiger partial charge < -0.3 is 14.5 Å². The number of likely N-dealkylation sites (tertiary alicyclic amines) is 1. The van der Waals surface area contributed by atoms with Crippen molar-refractivity contribution in [3.8, 4) is 5.75 Å². The van der Waals surface area contributed by atoms with E-state index < -0.39 is 0 Å². The third-order valence-electron chi connectivity index (χ3n) is 5.05. The van der Waals surface area contributed by atoms with Crippen LogP contribution in [0.2, 0.25) is 0 Å². The zero-order valence-corrected chi connectivity index (χ0v) is 16.2. The van der Waals surface area contributed by atoms with Crippen LogP contribution >= 0.6 is 0 Å². The highest BCUT2D eigenvalue weighted by Crippen LogP contribution is 2.20. The second-order valence-electron chi connectivity index (χ2n) is 7.16. The maximum absolute atomic E-state index is 12.4. The quantitative estimate of drug-likeness (QED) is 0.644. The minimum Gasteiger partial charge on any atom is -0.413 e. The van der Waals surface area contributed by atoms with Crippen molar-refractivity contribution in [2.45, 2.75) is 19.3 Å². The summed E-state index contributed by atoms with van der Waals surface area (Å²) in [6.45, 7) is 1.97. The fraction of sp³-hybridized carbons (Fsp3) is 0.318. The van der Waals surface area contributed by atoms with E-state index in [1.807, 2.05) is 42.5 Å². The summed E-state index contributed by atoms with van der Waals surface area (Å²) >= 11 is 0. The third-order valence-corrected chi connectivity index (χ3v) is 5.05. The van der Waals surface area contributed by atoms with Crippen molar-refractivity contribution < 1.29 is 14.4 Å². The summed E-state index contributed by atoms with van der Waals surface area (Å²) in [6.07, 6.45) is 9.13. The van der Waals surface area contributed by atoms with Crippen LogP contribution in [0, 0.1) is 5.92 Å². The first kappa shape index (κ1) is 19.0. The molecule has 1 fully saturated rings. The van der Waals surface area contributed by atoms with E-state index in [4.69, 9.17) is 9.57 Å². The molecule has 1 aliphatic heterocycles. The number of piperidine rings is 1. The SMILES string of the molecule is O=C(Oc1ccc(Cc2ccccn2)cc1)N1CCC(COn2ccnc2)CC1. The van der Waals surface area contributed by atoms with Crippen LogP contribution in [0.25, 0.3) is 0 Å². The Hall–Kier alpha value is -3.35. The van der Waals surface area contributed by atoms with Gasteiger partial charge in [0.15, 0.2) is 0 Å². The van der Waals surface area contributed by atoms with Gasteiger partial charge in [-0.05, 0) is 48.6 Å². The van der Waals surface area contributed by atoms with Gasteiger partial charge in [-0.2, -0.15) is 4.73 Å². The molecule has 0 unspecified atom stereocenters. The molecule has 1 amide bonds. The van der Waals surface area contributed by atoms with Gasteiger partial charge in [-0.25, -0.2) is 9.78 Å². The fourth-order valence-corrected chi connectivity index (χ4v) is 3.35. The summed E-state index contributed by atoms with van der Waals surface area (Å²) < 4.78 is 7.15. The Morgan fingerprint density at radius 2 is 1.90 bits per heavy atom. The van der Waals surface area contributed by atoms with Crippen molar-refractivity contribution >= 4 is 6.09 Å². The van der Waals surface area contributed by atoms with Crippen molar-refractivity contribution in [3.05, 3.63) is 78.6 Å². The van der Waals surface area contributed by atoms with E-state index in [1.54, 1.807) is 34.5 Å². The molecule has 7 nitrogen and oxygen atoms in total. The predicted octanol–water partition coefficient (Wildman–Crippen LogP) is 3.21. The molecular formula is C22H24N4O3. The molecule has 29 heavy (non-hydrogen) atoms. The van der Waals surface area contributed by atoms with Crippen molar-refractivity contribution in [3.63, 3.8) is 0 Å². The summed E-state index contributed by atoms with van der Waals surface area (Å²) in [5.74, 6) is 0.984. The predicted molar refractivity (Wildman–Crippen MR) is 107 cm³/mol. The minimum atomic E-state index is -0.295. The Labute approximate surface area is 169 Å². The van der Waals surface area contributed by atoms with Crippen LogP contribution in [-0.4, -0.2) is 45.4 Å². The standard InChI is InChI=1S/C22H24N4O3/c27-22(25-12-8-19(9-13-25)16-28-26-14-11-23-17-26)29-21-6-4-18(5-7-21)15-20-3-1-2-10-24-20/h1-7,10-11,14,17,19H,8-9,12-13,15-16H2. The Kier molecular flexibility index (Phi) is 6.04. The number of aromatic nitrogens is 3. The lowest BCUT2D eigenvalue weighted by Crippen LogP contribution is -2.41. The van der Waals surface area contributed by atoms with Crippen molar-refractivity contribution in [2.75, 3.05) is 19.7 Å². The average molecular weight is 392 g/mol. The number of pyridine rings is 1. The summed E-state index contributed by atoms with van der Waals surface area (Å²) in [5.41, 5.74) is 2.14. The normalized spacial score (nSPS) is 14.6. The maximum Gasteiger partial charge on any atom is 0.415 e. The first-order valence-electron chi connectivity index (χ1n) is 9.83. The van der Waals surface area contributed by atoms with Gasteiger partial charge in [-0.1, -0.05) is 18.2 Å². The van der Waals surface area contributed by atoms with E-state index in [1.165, 1.54) is 0 Å². The Morgan fingerprint density at radius 3 is 2.59 bits per heavy atom. The van der Waals surface area contributed by atoms with E-state index in [0.717, 1.165) is 30.5 Å². The second-order valence-corrected chi connectivity index (χ2v) is 7.16. The lowest BCUT2D eigenvalue weighted by molar-refractivity contribution is 0.0541. The maximum atomic E-state index is 12.4. The molecule has 0 radical (unpaired) electrons.